The molecule has 1 aliphatic heterocycles. The lowest BCUT2D eigenvalue weighted by molar-refractivity contribution is -0.697. The Morgan fingerprint density at radius 3 is 2.74 bits per heavy atom. The van der Waals surface area contributed by atoms with Gasteiger partial charge in [-0.1, -0.05) is 12.1 Å². The summed E-state index contributed by atoms with van der Waals surface area (Å²) in [6.45, 7) is 2.41. The molecule has 5 rings (SSSR count). The fourth-order valence-electron chi connectivity index (χ4n) is 5.31. The zero-order valence-corrected chi connectivity index (χ0v) is 23.2. The van der Waals surface area contributed by atoms with E-state index in [0.29, 0.717) is 36.2 Å². The number of nitrogens with zero attached hydrogens (tertiary/aromatic N) is 6. The number of nitriles is 1. The van der Waals surface area contributed by atoms with Crippen molar-refractivity contribution >= 4 is 17.6 Å². The number of aryl methyl sites for hydroxylation is 2. The van der Waals surface area contributed by atoms with Crippen LogP contribution in [-0.2, 0) is 35.2 Å². The molecule has 0 saturated carbocycles. The number of aromatic nitrogens is 5. The molecule has 1 atom stereocenters. The van der Waals surface area contributed by atoms with Gasteiger partial charge in [0.2, 0.25) is 12.3 Å². The molecule has 222 valence electrons. The summed E-state index contributed by atoms with van der Waals surface area (Å²) >= 11 is 0. The first-order chi connectivity index (χ1) is 20.6. The van der Waals surface area contributed by atoms with Gasteiger partial charge in [-0.3, -0.25) is 4.90 Å². The number of benzene rings is 2. The lowest BCUT2D eigenvalue weighted by Gasteiger charge is -2.36. The van der Waals surface area contributed by atoms with Gasteiger partial charge in [-0.05, 0) is 48.4 Å². The van der Waals surface area contributed by atoms with E-state index in [0.717, 1.165) is 12.1 Å². The van der Waals surface area contributed by atoms with E-state index < -0.39 is 29.4 Å². The monoisotopic (exact) mass is 594 g/mol. The average Bonchev–Trinajstić information content (AvgIpc) is 3.61. The van der Waals surface area contributed by atoms with Gasteiger partial charge >= 0.3 is 17.8 Å². The number of alkyl halides is 3. The summed E-state index contributed by atoms with van der Waals surface area (Å²) < 4.78 is 50.8. The van der Waals surface area contributed by atoms with Crippen LogP contribution in [0.1, 0.15) is 35.2 Å². The van der Waals surface area contributed by atoms with Crippen LogP contribution in [0.25, 0.3) is 0 Å². The molecule has 0 aliphatic carbocycles. The Labute approximate surface area is 243 Å². The molecule has 0 fully saturated rings. The Bertz CT molecular complexity index is 1810. The van der Waals surface area contributed by atoms with E-state index in [4.69, 9.17) is 4.74 Å². The standard InChI is InChI=1S/C29H26F3N7O4/c1-18-24(26(41)43-2)25(23-7-6-19(16-33)14-20(23)8-9-36-10-11-37(17-36)12-13-40)39-27(34-35-28(39)42)38(18)22-5-3-4-21(15-22)29(30,31)32/h3-7,10-11,14-15,17,25,40H,8-9,12-13H2,1-2H3/p+1. The molecule has 4 aromatic rings. The van der Waals surface area contributed by atoms with Crippen LogP contribution in [0, 0.1) is 11.3 Å². The van der Waals surface area contributed by atoms with Crippen molar-refractivity contribution in [2.75, 3.05) is 18.6 Å². The number of fused-ring (bicyclic) bond motifs is 1. The number of imidazole rings is 1. The van der Waals surface area contributed by atoms with Crippen LogP contribution in [0.5, 0.6) is 0 Å². The van der Waals surface area contributed by atoms with Gasteiger partial charge in [-0.15, -0.1) is 5.10 Å². The van der Waals surface area contributed by atoms with Crippen LogP contribution < -0.4 is 15.2 Å². The van der Waals surface area contributed by atoms with E-state index >= 15 is 0 Å². The number of methoxy groups -OCH3 is 1. The first-order valence-electron chi connectivity index (χ1n) is 13.2. The molecule has 14 heteroatoms. The van der Waals surface area contributed by atoms with Crippen LogP contribution in [0.4, 0.5) is 24.8 Å². The van der Waals surface area contributed by atoms with Crippen LogP contribution >= 0.6 is 0 Å². The predicted octanol–water partition coefficient (Wildman–Crippen LogP) is 2.97. The molecule has 0 radical (unpaired) electrons. The largest absolute Gasteiger partial charge is 0.466 e. The quantitative estimate of drug-likeness (QED) is 0.237. The van der Waals surface area contributed by atoms with Crippen molar-refractivity contribution in [2.24, 2.45) is 0 Å². The maximum atomic E-state index is 13.6. The number of carbonyl (C=O) groups is 1. The van der Waals surface area contributed by atoms with Crippen molar-refractivity contribution in [3.8, 4) is 6.07 Å². The number of esters is 1. The van der Waals surface area contributed by atoms with Gasteiger partial charge in [0, 0.05) is 17.8 Å². The van der Waals surface area contributed by atoms with E-state index in [2.05, 4.69) is 16.3 Å². The number of anilines is 2. The molecule has 43 heavy (non-hydrogen) atoms. The lowest BCUT2D eigenvalue weighted by Crippen LogP contribution is -2.38. The lowest BCUT2D eigenvalue weighted by atomic mass is 9.89. The van der Waals surface area contributed by atoms with E-state index in [1.807, 2.05) is 27.9 Å². The first kappa shape index (κ1) is 29.3. The number of H-pyrrole nitrogens is 1. The van der Waals surface area contributed by atoms with Crippen LogP contribution in [0.3, 0.4) is 0 Å². The minimum absolute atomic E-state index is 0.0172. The van der Waals surface area contributed by atoms with Crippen molar-refractivity contribution < 1.29 is 32.4 Å². The van der Waals surface area contributed by atoms with Gasteiger partial charge in [0.25, 0.3) is 0 Å². The van der Waals surface area contributed by atoms with E-state index in [1.54, 1.807) is 25.1 Å². The summed E-state index contributed by atoms with van der Waals surface area (Å²) in [5, 5.41) is 25.3. The summed E-state index contributed by atoms with van der Waals surface area (Å²) in [5.41, 5.74) is 0.201. The predicted molar refractivity (Wildman–Crippen MR) is 146 cm³/mol. The second kappa shape index (κ2) is 11.6. The number of carbonyl (C=O) groups excluding carboxylic acids is 1. The molecule has 11 nitrogen and oxygen atoms in total. The van der Waals surface area contributed by atoms with Gasteiger partial charge in [0.1, 0.15) is 25.0 Å². The zero-order chi connectivity index (χ0) is 30.9. The third-order valence-electron chi connectivity index (χ3n) is 7.29. The van der Waals surface area contributed by atoms with Crippen LogP contribution in [-0.4, -0.2) is 44.1 Å². The molecule has 0 amide bonds. The van der Waals surface area contributed by atoms with E-state index in [1.165, 1.54) is 28.7 Å². The van der Waals surface area contributed by atoms with Crippen LogP contribution in [0.2, 0.25) is 0 Å². The molecule has 0 spiro atoms. The number of aliphatic hydroxyl groups excluding tert-OH is 1. The highest BCUT2D eigenvalue weighted by molar-refractivity contribution is 5.93. The maximum Gasteiger partial charge on any atom is 0.416 e. The summed E-state index contributed by atoms with van der Waals surface area (Å²) in [6.07, 6.45) is 1.23. The number of hydrogen-bond donors (Lipinski definition) is 2. The molecule has 0 saturated heterocycles. The van der Waals surface area contributed by atoms with Crippen LogP contribution in [0.15, 0.2) is 77.3 Å². The number of allylic oxidation sites excluding steroid dienone is 1. The van der Waals surface area contributed by atoms with Crippen molar-refractivity contribution in [2.45, 2.75) is 38.7 Å². The molecule has 0 bridgehead atoms. The fraction of sp³-hybridized carbons (Fsp3) is 0.276. The van der Waals surface area contributed by atoms with Crippen molar-refractivity contribution in [1.29, 1.82) is 5.26 Å². The molecule has 2 aromatic carbocycles. The Hall–Kier alpha value is -5.16. The van der Waals surface area contributed by atoms with Gasteiger partial charge in [0.15, 0.2) is 0 Å². The van der Waals surface area contributed by atoms with Gasteiger partial charge < -0.3 is 9.84 Å². The highest BCUT2D eigenvalue weighted by atomic mass is 19.4. The number of aliphatic hydroxyl groups is 1. The van der Waals surface area contributed by atoms with Gasteiger partial charge in [-0.2, -0.15) is 18.4 Å². The summed E-state index contributed by atoms with van der Waals surface area (Å²) in [4.78, 5) is 28.0. The SMILES string of the molecule is COC(=O)C1=C(C)N(c2cccc(C(F)(F)F)c2)c2n[nH]c(=O)n2C1c1ccc(C#N)cc1CCn1cc[n+](CCO)c1. The first-order valence-corrected chi connectivity index (χ1v) is 13.2. The number of ether oxygens (including phenoxy) is 1. The average molecular weight is 595 g/mol. The second-order valence-corrected chi connectivity index (χ2v) is 9.86. The fourth-order valence-corrected chi connectivity index (χ4v) is 5.31. The van der Waals surface area contributed by atoms with Crippen molar-refractivity contribution in [3.05, 3.63) is 105 Å². The Kier molecular flexibility index (Phi) is 7.92. The van der Waals surface area contributed by atoms with Crippen molar-refractivity contribution in [3.63, 3.8) is 0 Å². The highest BCUT2D eigenvalue weighted by Crippen LogP contribution is 2.43. The third-order valence-corrected chi connectivity index (χ3v) is 7.29. The third kappa shape index (κ3) is 5.54. The summed E-state index contributed by atoms with van der Waals surface area (Å²) in [7, 11) is 1.18. The molecule has 1 unspecified atom stereocenters. The Balaban J connectivity index is 1.67. The minimum Gasteiger partial charge on any atom is -0.466 e. The van der Waals surface area contributed by atoms with Gasteiger partial charge in [-0.25, -0.2) is 28.4 Å². The molecular weight excluding hydrogens is 567 g/mol. The minimum atomic E-state index is -4.63. The normalized spacial score (nSPS) is 14.9. The van der Waals surface area contributed by atoms with E-state index in [9.17, 15) is 33.1 Å². The number of rotatable bonds is 8. The maximum absolute atomic E-state index is 13.6. The van der Waals surface area contributed by atoms with Crippen molar-refractivity contribution in [1.82, 2.24) is 19.3 Å². The van der Waals surface area contributed by atoms with E-state index in [-0.39, 0.29) is 29.5 Å². The molecule has 2 aromatic heterocycles. The molecule has 3 heterocycles. The zero-order valence-electron chi connectivity index (χ0n) is 23.2. The summed E-state index contributed by atoms with van der Waals surface area (Å²) in [6, 6.07) is 10.4. The highest BCUT2D eigenvalue weighted by Gasteiger charge is 2.41. The number of aromatic amines is 1. The summed E-state index contributed by atoms with van der Waals surface area (Å²) in [5.74, 6) is -0.811. The smallest absolute Gasteiger partial charge is 0.416 e. The molecular formula is C29H27F3N7O4+. The number of halogens is 3. The Morgan fingerprint density at radius 2 is 2.05 bits per heavy atom. The molecule has 2 N–H and O–H groups in total. The number of nitrogens with one attached hydrogen (secondary N) is 1. The van der Waals surface area contributed by atoms with Gasteiger partial charge in [0.05, 0.1) is 43.0 Å². The Morgan fingerprint density at radius 1 is 1.26 bits per heavy atom. The molecule has 1 aliphatic rings. The number of hydrogen-bond acceptors (Lipinski definition) is 7. The topological polar surface area (TPSA) is 133 Å². The second-order valence-electron chi connectivity index (χ2n) is 9.86.